The predicted molar refractivity (Wildman–Crippen MR) is 91.0 cm³/mol. The summed E-state index contributed by atoms with van der Waals surface area (Å²) in [5.74, 6) is 2.51. The molecule has 2 atom stereocenters. The number of nitrogens with zero attached hydrogens (tertiary/aromatic N) is 2. The third kappa shape index (κ3) is 2.32. The smallest absolute Gasteiger partial charge is 0.139 e. The van der Waals surface area contributed by atoms with E-state index in [-0.39, 0.29) is 0 Å². The van der Waals surface area contributed by atoms with Crippen LogP contribution in [-0.2, 0) is 0 Å². The fourth-order valence-electron chi connectivity index (χ4n) is 4.21. The van der Waals surface area contributed by atoms with Gasteiger partial charge >= 0.3 is 0 Å². The third-order valence-corrected chi connectivity index (χ3v) is 5.67. The molecule has 4 rings (SSSR count). The monoisotopic (exact) mass is 316 g/mol. The minimum absolute atomic E-state index is 0.653. The molecular formula is C18H21ClN2O. The van der Waals surface area contributed by atoms with Crippen molar-refractivity contribution in [1.29, 1.82) is 0 Å². The van der Waals surface area contributed by atoms with Crippen LogP contribution in [0.3, 0.4) is 0 Å². The molecule has 1 aromatic carbocycles. The molecule has 0 N–H and O–H groups in total. The van der Waals surface area contributed by atoms with E-state index >= 15 is 0 Å². The van der Waals surface area contributed by atoms with E-state index in [1.807, 2.05) is 18.3 Å². The van der Waals surface area contributed by atoms with Crippen molar-refractivity contribution < 1.29 is 4.74 Å². The molecule has 2 heterocycles. The van der Waals surface area contributed by atoms with E-state index in [0.717, 1.165) is 29.3 Å². The van der Waals surface area contributed by atoms with Crippen molar-refractivity contribution in [2.24, 2.45) is 11.8 Å². The number of rotatable bonds is 2. The van der Waals surface area contributed by atoms with Gasteiger partial charge in [0.05, 0.1) is 17.6 Å². The maximum Gasteiger partial charge on any atom is 0.139 e. The number of methoxy groups -OCH3 is 1. The number of ether oxygens (including phenoxy) is 1. The number of anilines is 1. The van der Waals surface area contributed by atoms with E-state index in [9.17, 15) is 0 Å². The first kappa shape index (κ1) is 14.1. The lowest BCUT2D eigenvalue weighted by Gasteiger charge is -2.37. The van der Waals surface area contributed by atoms with Crippen molar-refractivity contribution in [1.82, 2.24) is 4.98 Å². The molecule has 2 fully saturated rings. The van der Waals surface area contributed by atoms with Crippen LogP contribution in [0.5, 0.6) is 5.75 Å². The van der Waals surface area contributed by atoms with Gasteiger partial charge in [0.15, 0.2) is 0 Å². The van der Waals surface area contributed by atoms with Crippen molar-refractivity contribution >= 4 is 28.2 Å². The van der Waals surface area contributed by atoms with Gasteiger partial charge in [-0.15, -0.1) is 0 Å². The molecule has 2 aliphatic rings. The topological polar surface area (TPSA) is 25.4 Å². The summed E-state index contributed by atoms with van der Waals surface area (Å²) in [5, 5.41) is 1.78. The quantitative estimate of drug-likeness (QED) is 0.814. The summed E-state index contributed by atoms with van der Waals surface area (Å²) in [6.07, 6.45) is 7.44. The van der Waals surface area contributed by atoms with E-state index in [1.165, 1.54) is 37.9 Å². The molecule has 116 valence electrons. The van der Waals surface area contributed by atoms with Crippen molar-refractivity contribution in [3.63, 3.8) is 0 Å². The van der Waals surface area contributed by atoms with Crippen LogP contribution < -0.4 is 9.64 Å². The van der Waals surface area contributed by atoms with E-state index in [1.54, 1.807) is 7.11 Å². The van der Waals surface area contributed by atoms with Gasteiger partial charge in [-0.1, -0.05) is 24.4 Å². The van der Waals surface area contributed by atoms with Gasteiger partial charge < -0.3 is 9.64 Å². The molecule has 0 bridgehead atoms. The maximum absolute atomic E-state index is 6.33. The fourth-order valence-corrected chi connectivity index (χ4v) is 4.45. The highest BCUT2D eigenvalue weighted by molar-refractivity contribution is 6.33. The average molecular weight is 317 g/mol. The molecule has 2 aromatic rings. The van der Waals surface area contributed by atoms with E-state index in [0.29, 0.717) is 10.8 Å². The number of piperidine rings is 1. The Hall–Kier alpha value is -1.48. The first-order chi connectivity index (χ1) is 10.8. The Morgan fingerprint density at radius 1 is 1.23 bits per heavy atom. The van der Waals surface area contributed by atoms with E-state index in [4.69, 9.17) is 16.3 Å². The number of fused-ring (bicyclic) bond motifs is 2. The Morgan fingerprint density at radius 2 is 2.09 bits per heavy atom. The van der Waals surface area contributed by atoms with Crippen molar-refractivity contribution in [2.75, 3.05) is 25.1 Å². The van der Waals surface area contributed by atoms with Gasteiger partial charge in [-0.05, 0) is 36.8 Å². The number of halogens is 1. The fraction of sp³-hybridized carbons (Fsp3) is 0.500. The lowest BCUT2D eigenvalue weighted by atomic mass is 9.88. The van der Waals surface area contributed by atoms with Gasteiger partial charge in [0.25, 0.3) is 0 Å². The van der Waals surface area contributed by atoms with Crippen LogP contribution in [0.15, 0.2) is 24.4 Å². The molecule has 0 amide bonds. The molecule has 1 saturated heterocycles. The van der Waals surface area contributed by atoms with E-state index in [2.05, 4.69) is 16.0 Å². The Labute approximate surface area is 136 Å². The van der Waals surface area contributed by atoms with Crippen LogP contribution in [-0.4, -0.2) is 25.2 Å². The maximum atomic E-state index is 6.33. The predicted octanol–water partition coefficient (Wildman–Crippen LogP) is 4.52. The Bertz CT molecular complexity index is 703. The van der Waals surface area contributed by atoms with Crippen LogP contribution in [0.4, 0.5) is 5.69 Å². The standard InChI is InChI=1S/C18H21ClN2O/c1-22-18-10-16-14(9-15(18)19)17(5-7-20-16)21-8-6-12-3-2-4-13(12)11-21/h5,7,9-10,12-13H,2-4,6,8,11H2,1H3/t12?,13-/m0/s1. The van der Waals surface area contributed by atoms with Gasteiger partial charge in [-0.25, -0.2) is 0 Å². The van der Waals surface area contributed by atoms with Crippen LogP contribution in [0.1, 0.15) is 25.7 Å². The molecule has 4 heteroatoms. The molecule has 0 radical (unpaired) electrons. The zero-order valence-electron chi connectivity index (χ0n) is 12.9. The van der Waals surface area contributed by atoms with Gasteiger partial charge in [0, 0.05) is 36.4 Å². The van der Waals surface area contributed by atoms with Crippen LogP contribution in [0.2, 0.25) is 5.02 Å². The van der Waals surface area contributed by atoms with Crippen molar-refractivity contribution in [2.45, 2.75) is 25.7 Å². The number of benzene rings is 1. The Kier molecular flexibility index (Phi) is 3.61. The van der Waals surface area contributed by atoms with Crippen molar-refractivity contribution in [3.05, 3.63) is 29.4 Å². The zero-order valence-corrected chi connectivity index (χ0v) is 13.6. The molecule has 0 spiro atoms. The molecule has 22 heavy (non-hydrogen) atoms. The average Bonchev–Trinajstić information content (AvgIpc) is 3.01. The summed E-state index contributed by atoms with van der Waals surface area (Å²) in [4.78, 5) is 7.01. The SMILES string of the molecule is COc1cc2nccc(N3CCC4CCC[C@H]4C3)c2cc1Cl. The molecule has 1 aromatic heterocycles. The molecule has 3 nitrogen and oxygen atoms in total. The molecular weight excluding hydrogens is 296 g/mol. The number of pyridine rings is 1. The lowest BCUT2D eigenvalue weighted by molar-refractivity contribution is 0.324. The summed E-state index contributed by atoms with van der Waals surface area (Å²) in [5.41, 5.74) is 2.21. The van der Waals surface area contributed by atoms with Crippen LogP contribution in [0.25, 0.3) is 10.9 Å². The second-order valence-corrected chi connectivity index (χ2v) is 6.93. The highest BCUT2D eigenvalue weighted by Gasteiger charge is 2.33. The highest BCUT2D eigenvalue weighted by Crippen LogP contribution is 2.41. The summed E-state index contributed by atoms with van der Waals surface area (Å²) >= 11 is 6.33. The Balaban J connectivity index is 1.73. The van der Waals surface area contributed by atoms with Gasteiger partial charge in [0.1, 0.15) is 5.75 Å². The minimum atomic E-state index is 0.653. The lowest BCUT2D eigenvalue weighted by Crippen LogP contribution is -2.38. The van der Waals surface area contributed by atoms with Crippen LogP contribution in [0, 0.1) is 11.8 Å². The number of hydrogen-bond acceptors (Lipinski definition) is 3. The highest BCUT2D eigenvalue weighted by atomic mass is 35.5. The van der Waals surface area contributed by atoms with Crippen molar-refractivity contribution in [3.8, 4) is 5.75 Å². The largest absolute Gasteiger partial charge is 0.495 e. The number of aromatic nitrogens is 1. The van der Waals surface area contributed by atoms with Crippen LogP contribution >= 0.6 is 11.6 Å². The second kappa shape index (κ2) is 5.62. The minimum Gasteiger partial charge on any atom is -0.495 e. The van der Waals surface area contributed by atoms with Gasteiger partial charge in [0.2, 0.25) is 0 Å². The Morgan fingerprint density at radius 3 is 2.95 bits per heavy atom. The summed E-state index contributed by atoms with van der Waals surface area (Å²) in [6, 6.07) is 6.06. The summed E-state index contributed by atoms with van der Waals surface area (Å²) in [6.45, 7) is 2.32. The van der Waals surface area contributed by atoms with Gasteiger partial charge in [-0.3, -0.25) is 4.98 Å². The first-order valence-electron chi connectivity index (χ1n) is 8.13. The van der Waals surface area contributed by atoms with E-state index < -0.39 is 0 Å². The molecule has 1 unspecified atom stereocenters. The number of hydrogen-bond donors (Lipinski definition) is 0. The normalized spacial score (nSPS) is 24.5. The zero-order chi connectivity index (χ0) is 15.1. The first-order valence-corrected chi connectivity index (χ1v) is 8.51. The second-order valence-electron chi connectivity index (χ2n) is 6.52. The van der Waals surface area contributed by atoms with Gasteiger partial charge in [-0.2, -0.15) is 0 Å². The molecule has 1 aliphatic heterocycles. The summed E-state index contributed by atoms with van der Waals surface area (Å²) in [7, 11) is 1.64. The molecule has 1 aliphatic carbocycles. The third-order valence-electron chi connectivity index (χ3n) is 5.37. The summed E-state index contributed by atoms with van der Waals surface area (Å²) < 4.78 is 5.31. The molecule has 1 saturated carbocycles.